The van der Waals surface area contributed by atoms with Gasteiger partial charge in [-0.3, -0.25) is 9.59 Å². The molecule has 0 unspecified atom stereocenters. The highest BCUT2D eigenvalue weighted by molar-refractivity contribution is 5.89. The van der Waals surface area contributed by atoms with E-state index in [0.29, 0.717) is 32.0 Å². The summed E-state index contributed by atoms with van der Waals surface area (Å²) >= 11 is 0. The topological polar surface area (TPSA) is 120 Å². The Labute approximate surface area is 275 Å². The van der Waals surface area contributed by atoms with Crippen LogP contribution in [-0.4, -0.2) is 77.9 Å². The number of alkyl carbamates (subject to hydrolysis) is 1. The minimum absolute atomic E-state index is 0.0742. The molecule has 0 saturated carbocycles. The van der Waals surface area contributed by atoms with Gasteiger partial charge in [-0.2, -0.15) is 0 Å². The molecule has 252 valence electrons. The van der Waals surface area contributed by atoms with E-state index in [2.05, 4.69) is 16.0 Å². The molecule has 1 heterocycles. The zero-order valence-corrected chi connectivity index (χ0v) is 28.4. The molecule has 4 atom stereocenters. The molecule has 4 N–H and O–H groups in total. The zero-order valence-electron chi connectivity index (χ0n) is 28.4. The molecule has 1 fully saturated rings. The fourth-order valence-corrected chi connectivity index (χ4v) is 5.68. The smallest absolute Gasteiger partial charge is 0.407 e. The van der Waals surface area contributed by atoms with Gasteiger partial charge in [-0.05, 0) is 77.0 Å². The van der Waals surface area contributed by atoms with Crippen LogP contribution in [0.4, 0.5) is 4.79 Å². The van der Waals surface area contributed by atoms with Crippen LogP contribution in [0.2, 0.25) is 0 Å². The summed E-state index contributed by atoms with van der Waals surface area (Å²) in [5.74, 6) is -1.16. The van der Waals surface area contributed by atoms with Crippen molar-refractivity contribution in [2.24, 2.45) is 11.8 Å². The normalized spacial score (nSPS) is 16.9. The van der Waals surface area contributed by atoms with Crippen molar-refractivity contribution in [1.82, 2.24) is 20.9 Å². The van der Waals surface area contributed by atoms with Crippen molar-refractivity contribution in [2.45, 2.75) is 96.6 Å². The lowest BCUT2D eigenvalue weighted by molar-refractivity contribution is -0.139. The van der Waals surface area contributed by atoms with Gasteiger partial charge in [0.25, 0.3) is 0 Å². The average molecular weight is 635 g/mol. The van der Waals surface area contributed by atoms with E-state index >= 15 is 0 Å². The van der Waals surface area contributed by atoms with Crippen LogP contribution in [0, 0.1) is 11.8 Å². The van der Waals surface area contributed by atoms with Crippen LogP contribution in [-0.2, 0) is 20.7 Å². The molecule has 0 aliphatic carbocycles. The predicted octanol–water partition coefficient (Wildman–Crippen LogP) is 4.94. The van der Waals surface area contributed by atoms with Crippen molar-refractivity contribution in [3.63, 3.8) is 0 Å². The first-order valence-electron chi connectivity index (χ1n) is 16.6. The molecule has 9 heteroatoms. The first-order valence-corrected chi connectivity index (χ1v) is 16.6. The van der Waals surface area contributed by atoms with Crippen LogP contribution in [0.15, 0.2) is 66.7 Å². The van der Waals surface area contributed by atoms with Crippen LogP contribution >= 0.6 is 0 Å². The summed E-state index contributed by atoms with van der Waals surface area (Å²) in [4.78, 5) is 42.3. The van der Waals surface area contributed by atoms with Crippen LogP contribution < -0.4 is 16.0 Å². The predicted molar refractivity (Wildman–Crippen MR) is 183 cm³/mol. The Hall–Kier alpha value is -3.69. The molecule has 9 nitrogen and oxygen atoms in total. The number of hydrogen-bond donors (Lipinski definition) is 4. The number of carbonyl (C=O) groups excluding carboxylic acids is 3. The van der Waals surface area contributed by atoms with Gasteiger partial charge in [-0.25, -0.2) is 4.79 Å². The summed E-state index contributed by atoms with van der Waals surface area (Å²) in [7, 11) is 1.94. The first-order chi connectivity index (χ1) is 21.9. The minimum Gasteiger partial charge on any atom is -0.444 e. The molecule has 0 bridgehead atoms. The monoisotopic (exact) mass is 634 g/mol. The van der Waals surface area contributed by atoms with E-state index in [1.54, 1.807) is 20.8 Å². The van der Waals surface area contributed by atoms with Crippen LogP contribution in [0.25, 0.3) is 6.08 Å². The van der Waals surface area contributed by atoms with Gasteiger partial charge in [0, 0.05) is 25.0 Å². The maximum atomic E-state index is 14.0. The highest BCUT2D eigenvalue weighted by Gasteiger charge is 2.34. The number of piperidine rings is 1. The number of likely N-dealkylation sites (tertiary alicyclic amines) is 1. The van der Waals surface area contributed by atoms with Crippen molar-refractivity contribution in [3.8, 4) is 0 Å². The maximum Gasteiger partial charge on any atom is 0.407 e. The average Bonchev–Trinajstić information content (AvgIpc) is 3.02. The lowest BCUT2D eigenvalue weighted by Crippen LogP contribution is -2.55. The fourth-order valence-electron chi connectivity index (χ4n) is 5.68. The Bertz CT molecular complexity index is 1250. The number of aliphatic hydroxyl groups excluding tert-OH is 1. The van der Waals surface area contributed by atoms with E-state index in [1.807, 2.05) is 98.6 Å². The third-order valence-corrected chi connectivity index (χ3v) is 8.34. The number of ether oxygens (including phenoxy) is 1. The lowest BCUT2D eigenvalue weighted by Gasteiger charge is -2.36. The van der Waals surface area contributed by atoms with E-state index < -0.39 is 35.8 Å². The third kappa shape index (κ3) is 12.2. The number of hydrogen-bond acceptors (Lipinski definition) is 6. The Morgan fingerprint density at radius 3 is 2.15 bits per heavy atom. The second-order valence-corrected chi connectivity index (χ2v) is 13.6. The van der Waals surface area contributed by atoms with Gasteiger partial charge in [0.05, 0.1) is 12.1 Å². The largest absolute Gasteiger partial charge is 0.444 e. The Morgan fingerprint density at radius 1 is 0.978 bits per heavy atom. The van der Waals surface area contributed by atoms with E-state index in [4.69, 9.17) is 4.74 Å². The number of carbonyl (C=O) groups is 3. The van der Waals surface area contributed by atoms with E-state index in [0.717, 1.165) is 24.0 Å². The first kappa shape index (κ1) is 36.8. The summed E-state index contributed by atoms with van der Waals surface area (Å²) < 4.78 is 5.50. The van der Waals surface area contributed by atoms with Crippen molar-refractivity contribution in [3.05, 3.63) is 77.9 Å². The maximum absolute atomic E-state index is 14.0. The molecule has 2 aromatic carbocycles. The second-order valence-electron chi connectivity index (χ2n) is 13.6. The minimum atomic E-state index is -1.07. The third-order valence-electron chi connectivity index (χ3n) is 8.34. The second kappa shape index (κ2) is 17.9. The van der Waals surface area contributed by atoms with Gasteiger partial charge < -0.3 is 30.7 Å². The van der Waals surface area contributed by atoms with Gasteiger partial charge >= 0.3 is 6.09 Å². The van der Waals surface area contributed by atoms with Crippen molar-refractivity contribution < 1.29 is 24.2 Å². The highest BCUT2D eigenvalue weighted by atomic mass is 16.6. The number of nitrogens with one attached hydrogen (secondary N) is 3. The van der Waals surface area contributed by atoms with E-state index in [9.17, 15) is 19.5 Å². The molecular weight excluding hydrogens is 580 g/mol. The molecular formula is C37H54N4O5. The summed E-state index contributed by atoms with van der Waals surface area (Å²) in [5, 5.41) is 20.8. The molecule has 0 spiro atoms. The molecule has 3 amide bonds. The van der Waals surface area contributed by atoms with E-state index in [-0.39, 0.29) is 24.2 Å². The molecule has 46 heavy (non-hydrogen) atoms. The molecule has 0 aromatic heterocycles. The number of rotatable bonds is 14. The zero-order chi connectivity index (χ0) is 33.7. The Balaban J connectivity index is 1.81. The summed E-state index contributed by atoms with van der Waals surface area (Å²) in [6, 6.07) is 18.4. The summed E-state index contributed by atoms with van der Waals surface area (Å²) in [6.45, 7) is 10.5. The fraction of sp³-hybridized carbons (Fsp3) is 0.541. The standard InChI is InChI=1S/C37H54N4O5/c1-26(2)33(35(44)41-22-20-30(38-6)21-23-41)40-34(43)29(19-13-18-27-14-9-7-10-15-27)25-32(42)31(24-28-16-11-8-12-17-28)39-36(45)46-37(3,4)5/h7-18,26,29-33,38,42H,19-25H2,1-6H3,(H,39,45)(H,40,43)/t29-,31-,32-,33-/m0/s1. The van der Waals surface area contributed by atoms with Gasteiger partial charge in [0.15, 0.2) is 0 Å². The molecule has 0 radical (unpaired) electrons. The van der Waals surface area contributed by atoms with Gasteiger partial charge in [0.2, 0.25) is 11.8 Å². The molecule has 1 aliphatic rings. The quantitative estimate of drug-likeness (QED) is 0.234. The van der Waals surface area contributed by atoms with Crippen molar-refractivity contribution in [2.75, 3.05) is 20.1 Å². The molecule has 2 aromatic rings. The van der Waals surface area contributed by atoms with Crippen LogP contribution in [0.1, 0.15) is 71.4 Å². The van der Waals surface area contributed by atoms with Crippen LogP contribution in [0.5, 0.6) is 0 Å². The molecule has 1 saturated heterocycles. The lowest BCUT2D eigenvalue weighted by atomic mass is 9.90. The van der Waals surface area contributed by atoms with E-state index in [1.165, 1.54) is 0 Å². The Kier molecular flexibility index (Phi) is 14.3. The number of nitrogens with zero attached hydrogens (tertiary/aromatic N) is 1. The van der Waals surface area contributed by atoms with Crippen molar-refractivity contribution in [1.29, 1.82) is 0 Å². The number of allylic oxidation sites excluding steroid dienone is 1. The van der Waals surface area contributed by atoms with Gasteiger partial charge in [0.1, 0.15) is 11.6 Å². The van der Waals surface area contributed by atoms with Gasteiger partial charge in [-0.1, -0.05) is 86.7 Å². The molecule has 1 aliphatic heterocycles. The van der Waals surface area contributed by atoms with Gasteiger partial charge in [-0.15, -0.1) is 0 Å². The molecule has 3 rings (SSSR count). The highest BCUT2D eigenvalue weighted by Crippen LogP contribution is 2.21. The van der Waals surface area contributed by atoms with Crippen LogP contribution in [0.3, 0.4) is 0 Å². The number of amides is 3. The Morgan fingerprint density at radius 2 is 1.59 bits per heavy atom. The SMILES string of the molecule is CNC1CCN(C(=O)[C@@H](NC(=O)[C@@H](CC=Cc2ccccc2)C[C@H](O)[C@H](Cc2ccccc2)NC(=O)OC(C)(C)C)C(C)C)CC1. The summed E-state index contributed by atoms with van der Waals surface area (Å²) in [6.07, 6.45) is 4.68. The number of aliphatic hydroxyl groups is 1. The van der Waals surface area contributed by atoms with Crippen molar-refractivity contribution >= 4 is 24.0 Å². The summed E-state index contributed by atoms with van der Waals surface area (Å²) in [5.41, 5.74) is 1.22. The number of benzene rings is 2.